The molecule has 0 fully saturated rings. The van der Waals surface area contributed by atoms with Crippen molar-refractivity contribution in [3.8, 4) is 11.1 Å². The number of carboxylic acids is 1. The molecule has 1 aromatic heterocycles. The summed E-state index contributed by atoms with van der Waals surface area (Å²) < 4.78 is 15.7. The van der Waals surface area contributed by atoms with E-state index in [9.17, 15) is 14.4 Å². The van der Waals surface area contributed by atoms with Crippen molar-refractivity contribution in [2.75, 3.05) is 20.3 Å². The number of oxazole rings is 1. The molecule has 0 aliphatic heterocycles. The largest absolute Gasteiger partial charge is 0.476 e. The van der Waals surface area contributed by atoms with Gasteiger partial charge in [0.05, 0.1) is 6.54 Å². The van der Waals surface area contributed by atoms with Crippen molar-refractivity contribution < 1.29 is 33.4 Å². The van der Waals surface area contributed by atoms with Crippen molar-refractivity contribution in [2.24, 2.45) is 0 Å². The topological polar surface area (TPSA) is 140 Å². The molecule has 1 atom stereocenters. The summed E-state index contributed by atoms with van der Waals surface area (Å²) in [6.45, 7) is 0.183. The van der Waals surface area contributed by atoms with Gasteiger partial charge in [0.2, 0.25) is 5.91 Å². The molecule has 3 N–H and O–H groups in total. The van der Waals surface area contributed by atoms with Gasteiger partial charge in [0.15, 0.2) is 17.8 Å². The summed E-state index contributed by atoms with van der Waals surface area (Å²) in [7, 11) is 1.37. The molecule has 4 rings (SSSR count). The van der Waals surface area contributed by atoms with Crippen molar-refractivity contribution in [2.45, 2.75) is 25.0 Å². The van der Waals surface area contributed by atoms with E-state index >= 15 is 0 Å². The summed E-state index contributed by atoms with van der Waals surface area (Å²) in [4.78, 5) is 39.3. The fourth-order valence-corrected chi connectivity index (χ4v) is 4.16. The second kappa shape index (κ2) is 10.8. The molecular formula is C25H25N3O7. The first-order valence-electron chi connectivity index (χ1n) is 11.0. The molecular weight excluding hydrogens is 454 g/mol. The van der Waals surface area contributed by atoms with Crippen LogP contribution in [0.4, 0.5) is 4.79 Å². The molecule has 182 valence electrons. The Hall–Kier alpha value is -4.18. The Bertz CT molecular complexity index is 1180. The number of hydrogen-bond donors (Lipinski definition) is 3. The molecule has 3 aromatic rings. The number of aromatic nitrogens is 1. The van der Waals surface area contributed by atoms with Gasteiger partial charge >= 0.3 is 12.1 Å². The van der Waals surface area contributed by atoms with Crippen LogP contribution in [0, 0.1) is 0 Å². The van der Waals surface area contributed by atoms with Crippen molar-refractivity contribution in [3.63, 3.8) is 0 Å². The first-order valence-corrected chi connectivity index (χ1v) is 11.0. The first kappa shape index (κ1) is 24.0. The van der Waals surface area contributed by atoms with E-state index < -0.39 is 24.1 Å². The quantitative estimate of drug-likeness (QED) is 0.403. The highest BCUT2D eigenvalue weighted by Crippen LogP contribution is 2.44. The highest BCUT2D eigenvalue weighted by atomic mass is 16.5. The molecule has 2 aromatic carbocycles. The molecule has 1 heterocycles. The van der Waals surface area contributed by atoms with Crippen LogP contribution in [0.25, 0.3) is 11.1 Å². The summed E-state index contributed by atoms with van der Waals surface area (Å²) in [6, 6.07) is 16.1. The third-order valence-electron chi connectivity index (χ3n) is 5.86. The smallest absolute Gasteiger partial charge is 0.407 e. The standard InChI is InChI=1S/C25H25N3O7/c1-33-20(23(29)27-12-21-22(24(30)31)28-14-35-21)10-11-26-25(32)34-13-19-17-8-4-2-6-15(17)16-7-3-5-9-18(16)19/h2-9,14,19-20H,10-13H2,1H3,(H,26,32)(H,27,29)(H,30,31). The lowest BCUT2D eigenvalue weighted by molar-refractivity contribution is -0.131. The number of amides is 2. The van der Waals surface area contributed by atoms with Crippen LogP contribution < -0.4 is 10.6 Å². The van der Waals surface area contributed by atoms with Gasteiger partial charge in [-0.25, -0.2) is 14.6 Å². The molecule has 0 saturated heterocycles. The van der Waals surface area contributed by atoms with Gasteiger partial charge in [0.1, 0.15) is 12.7 Å². The van der Waals surface area contributed by atoms with Crippen LogP contribution in [0.2, 0.25) is 0 Å². The summed E-state index contributed by atoms with van der Waals surface area (Å²) in [6.07, 6.45) is -0.263. The van der Waals surface area contributed by atoms with Crippen molar-refractivity contribution in [1.29, 1.82) is 0 Å². The lowest BCUT2D eigenvalue weighted by atomic mass is 9.98. The molecule has 0 bridgehead atoms. The van der Waals surface area contributed by atoms with Gasteiger partial charge in [-0.05, 0) is 22.3 Å². The Morgan fingerprint density at radius 2 is 1.71 bits per heavy atom. The van der Waals surface area contributed by atoms with Crippen molar-refractivity contribution >= 4 is 18.0 Å². The lowest BCUT2D eigenvalue weighted by Gasteiger charge is -2.16. The maximum absolute atomic E-state index is 12.4. The Balaban J connectivity index is 1.24. The number of nitrogens with one attached hydrogen (secondary N) is 2. The van der Waals surface area contributed by atoms with E-state index in [1.54, 1.807) is 0 Å². The van der Waals surface area contributed by atoms with Crippen LogP contribution in [0.3, 0.4) is 0 Å². The van der Waals surface area contributed by atoms with Gasteiger partial charge in [-0.1, -0.05) is 48.5 Å². The van der Waals surface area contributed by atoms with Crippen LogP contribution >= 0.6 is 0 Å². The number of nitrogens with zero attached hydrogens (tertiary/aromatic N) is 1. The zero-order valence-electron chi connectivity index (χ0n) is 19.0. The Morgan fingerprint density at radius 1 is 1.06 bits per heavy atom. The fraction of sp³-hybridized carbons (Fsp3) is 0.280. The molecule has 10 nitrogen and oxygen atoms in total. The van der Waals surface area contributed by atoms with Crippen LogP contribution in [-0.4, -0.2) is 54.4 Å². The van der Waals surface area contributed by atoms with E-state index in [1.807, 2.05) is 36.4 Å². The molecule has 0 spiro atoms. The Labute approximate surface area is 201 Å². The first-order chi connectivity index (χ1) is 17.0. The van der Waals surface area contributed by atoms with E-state index in [4.69, 9.17) is 19.0 Å². The summed E-state index contributed by atoms with van der Waals surface area (Å²) in [5.41, 5.74) is 4.26. The number of aromatic carboxylic acids is 1. The van der Waals surface area contributed by atoms with Gasteiger partial charge in [0.25, 0.3) is 0 Å². The Kier molecular flexibility index (Phi) is 7.41. The highest BCUT2D eigenvalue weighted by Gasteiger charge is 2.29. The molecule has 10 heteroatoms. The van der Waals surface area contributed by atoms with Crippen molar-refractivity contribution in [3.05, 3.63) is 77.5 Å². The number of carbonyl (C=O) groups is 3. The minimum Gasteiger partial charge on any atom is -0.476 e. The molecule has 1 aliphatic rings. The fourth-order valence-electron chi connectivity index (χ4n) is 4.16. The monoisotopic (exact) mass is 479 g/mol. The molecule has 2 amide bonds. The molecule has 35 heavy (non-hydrogen) atoms. The third-order valence-corrected chi connectivity index (χ3v) is 5.86. The lowest BCUT2D eigenvalue weighted by Crippen LogP contribution is -2.38. The van der Waals surface area contributed by atoms with E-state index in [-0.39, 0.29) is 43.5 Å². The van der Waals surface area contributed by atoms with Gasteiger partial charge < -0.3 is 29.6 Å². The minimum atomic E-state index is -1.25. The number of carboxylic acid groups (broad SMARTS) is 1. The van der Waals surface area contributed by atoms with E-state index in [0.29, 0.717) is 0 Å². The van der Waals surface area contributed by atoms with Crippen LogP contribution in [0.1, 0.15) is 39.7 Å². The molecule has 0 radical (unpaired) electrons. The van der Waals surface area contributed by atoms with Gasteiger partial charge in [0, 0.05) is 26.0 Å². The Morgan fingerprint density at radius 3 is 2.34 bits per heavy atom. The summed E-state index contributed by atoms with van der Waals surface area (Å²) in [5, 5.41) is 14.2. The second-order valence-corrected chi connectivity index (χ2v) is 7.91. The maximum atomic E-state index is 12.4. The second-order valence-electron chi connectivity index (χ2n) is 7.91. The molecule has 0 saturated carbocycles. The number of hydrogen-bond acceptors (Lipinski definition) is 7. The normalized spacial score (nSPS) is 12.9. The van der Waals surface area contributed by atoms with Gasteiger partial charge in [-0.15, -0.1) is 0 Å². The van der Waals surface area contributed by atoms with Crippen LogP contribution in [-0.2, 0) is 20.8 Å². The number of carbonyl (C=O) groups excluding carboxylic acids is 2. The minimum absolute atomic E-state index is 0.0254. The van der Waals surface area contributed by atoms with E-state index in [0.717, 1.165) is 28.6 Å². The number of benzene rings is 2. The predicted octanol–water partition coefficient (Wildman–Crippen LogP) is 2.93. The van der Waals surface area contributed by atoms with Crippen LogP contribution in [0.15, 0.2) is 59.3 Å². The number of ether oxygens (including phenoxy) is 2. The zero-order valence-corrected chi connectivity index (χ0v) is 19.0. The SMILES string of the molecule is COC(CCNC(=O)OCC1c2ccccc2-c2ccccc21)C(=O)NCc1ocnc1C(=O)O. The average Bonchev–Trinajstić information content (AvgIpc) is 3.47. The number of alkyl carbamates (subject to hydrolysis) is 1. The number of fused-ring (bicyclic) bond motifs is 3. The van der Waals surface area contributed by atoms with Gasteiger partial charge in [-0.2, -0.15) is 0 Å². The number of methoxy groups -OCH3 is 1. The summed E-state index contributed by atoms with van der Waals surface area (Å²) >= 11 is 0. The third kappa shape index (κ3) is 5.33. The number of rotatable bonds is 10. The summed E-state index contributed by atoms with van der Waals surface area (Å²) in [5.74, 6) is -1.75. The van der Waals surface area contributed by atoms with Gasteiger partial charge in [-0.3, -0.25) is 4.79 Å². The average molecular weight is 479 g/mol. The zero-order chi connectivity index (χ0) is 24.8. The molecule has 1 unspecified atom stereocenters. The molecule has 1 aliphatic carbocycles. The maximum Gasteiger partial charge on any atom is 0.407 e. The highest BCUT2D eigenvalue weighted by molar-refractivity contribution is 5.86. The predicted molar refractivity (Wildman–Crippen MR) is 124 cm³/mol. The van der Waals surface area contributed by atoms with Crippen LogP contribution in [0.5, 0.6) is 0 Å². The van der Waals surface area contributed by atoms with Crippen molar-refractivity contribution in [1.82, 2.24) is 15.6 Å². The van der Waals surface area contributed by atoms with E-state index in [1.165, 1.54) is 7.11 Å². The van der Waals surface area contributed by atoms with E-state index in [2.05, 4.69) is 27.8 Å².